The molecule has 0 aliphatic rings. The first-order valence-corrected chi connectivity index (χ1v) is 7.39. The molecule has 0 bridgehead atoms. The average Bonchev–Trinajstić information content (AvgIpc) is 2.83. The summed E-state index contributed by atoms with van der Waals surface area (Å²) in [6.07, 6.45) is 0.776. The van der Waals surface area contributed by atoms with Gasteiger partial charge < -0.3 is 14.0 Å². The van der Waals surface area contributed by atoms with Gasteiger partial charge in [-0.25, -0.2) is 0 Å². The van der Waals surface area contributed by atoms with Crippen molar-refractivity contribution in [2.24, 2.45) is 7.05 Å². The third-order valence-corrected chi connectivity index (χ3v) is 3.93. The van der Waals surface area contributed by atoms with Gasteiger partial charge in [-0.3, -0.25) is 4.79 Å². The minimum atomic E-state index is 0.507. The molecule has 1 aromatic heterocycles. The van der Waals surface area contributed by atoms with Gasteiger partial charge in [0.1, 0.15) is 12.1 Å². The molecule has 0 atom stereocenters. The minimum absolute atomic E-state index is 0.507. The maximum atomic E-state index is 10.7. The number of hydrogen-bond donors (Lipinski definition) is 0. The van der Waals surface area contributed by atoms with E-state index in [0.29, 0.717) is 23.7 Å². The number of carbonyl (C=O) groups excluding carboxylic acids is 1. The van der Waals surface area contributed by atoms with Crippen molar-refractivity contribution in [1.29, 1.82) is 0 Å². The fourth-order valence-electron chi connectivity index (χ4n) is 1.67. The number of benzene rings is 1. The van der Waals surface area contributed by atoms with Crippen LogP contribution in [0.4, 0.5) is 0 Å². The first-order chi connectivity index (χ1) is 10.2. The van der Waals surface area contributed by atoms with Crippen LogP contribution in [0.3, 0.4) is 0 Å². The lowest BCUT2D eigenvalue weighted by Gasteiger charge is -2.10. The monoisotopic (exact) mass is 307 g/mol. The maximum absolute atomic E-state index is 10.7. The van der Waals surface area contributed by atoms with E-state index >= 15 is 0 Å². The molecule has 7 heteroatoms. The standard InChI is InChI=1S/C14H17N3O3S/c1-10-15-16-14(17(10)2)21-7-6-20-12-5-4-11(9-18)8-13(12)19-3/h4-5,8-9H,6-7H2,1-3H3. The van der Waals surface area contributed by atoms with Gasteiger partial charge in [0.25, 0.3) is 0 Å². The Balaban J connectivity index is 1.88. The van der Waals surface area contributed by atoms with Crippen LogP contribution in [-0.4, -0.2) is 40.5 Å². The molecule has 2 rings (SSSR count). The van der Waals surface area contributed by atoms with Crippen LogP contribution < -0.4 is 9.47 Å². The second kappa shape index (κ2) is 7.12. The molecule has 0 aliphatic carbocycles. The molecule has 0 aliphatic heterocycles. The van der Waals surface area contributed by atoms with Gasteiger partial charge in [-0.2, -0.15) is 0 Å². The average molecular weight is 307 g/mol. The molecule has 0 unspecified atom stereocenters. The number of aromatic nitrogens is 3. The van der Waals surface area contributed by atoms with Crippen molar-refractivity contribution >= 4 is 18.0 Å². The summed E-state index contributed by atoms with van der Waals surface area (Å²) in [5, 5.41) is 8.93. The molecule has 2 aromatic rings. The quantitative estimate of drug-likeness (QED) is 0.443. The van der Waals surface area contributed by atoms with E-state index in [1.165, 1.54) is 0 Å². The van der Waals surface area contributed by atoms with Crippen molar-refractivity contribution in [1.82, 2.24) is 14.8 Å². The van der Waals surface area contributed by atoms with Crippen LogP contribution in [0.2, 0.25) is 0 Å². The smallest absolute Gasteiger partial charge is 0.191 e. The van der Waals surface area contributed by atoms with Gasteiger partial charge in [-0.05, 0) is 25.1 Å². The first kappa shape index (κ1) is 15.4. The number of ether oxygens (including phenoxy) is 2. The molecule has 0 spiro atoms. The second-order valence-electron chi connectivity index (χ2n) is 4.31. The Kier molecular flexibility index (Phi) is 5.21. The fourth-order valence-corrected chi connectivity index (χ4v) is 2.45. The molecular formula is C14H17N3O3S. The highest BCUT2D eigenvalue weighted by Gasteiger charge is 2.07. The third-order valence-electron chi connectivity index (χ3n) is 2.95. The van der Waals surface area contributed by atoms with Crippen LogP contribution in [0.25, 0.3) is 0 Å². The van der Waals surface area contributed by atoms with Crippen LogP contribution in [0, 0.1) is 6.92 Å². The number of aryl methyl sites for hydroxylation is 1. The lowest BCUT2D eigenvalue weighted by Crippen LogP contribution is -2.03. The summed E-state index contributed by atoms with van der Waals surface area (Å²) in [4.78, 5) is 10.7. The number of nitrogens with zero attached hydrogens (tertiary/aromatic N) is 3. The molecule has 0 N–H and O–H groups in total. The van der Waals surface area contributed by atoms with Gasteiger partial charge >= 0.3 is 0 Å². The Labute approximate surface area is 127 Å². The lowest BCUT2D eigenvalue weighted by atomic mass is 10.2. The topological polar surface area (TPSA) is 66.2 Å². The summed E-state index contributed by atoms with van der Waals surface area (Å²) in [7, 11) is 3.48. The highest BCUT2D eigenvalue weighted by molar-refractivity contribution is 7.99. The zero-order valence-corrected chi connectivity index (χ0v) is 13.0. The van der Waals surface area contributed by atoms with Crippen LogP contribution in [-0.2, 0) is 7.05 Å². The molecule has 0 fully saturated rings. The predicted octanol–water partition coefficient (Wildman–Crippen LogP) is 2.12. The number of methoxy groups -OCH3 is 1. The molecular weight excluding hydrogens is 290 g/mol. The maximum Gasteiger partial charge on any atom is 0.191 e. The van der Waals surface area contributed by atoms with Crippen molar-refractivity contribution in [2.45, 2.75) is 12.1 Å². The van der Waals surface area contributed by atoms with Crippen molar-refractivity contribution < 1.29 is 14.3 Å². The summed E-state index contributed by atoms with van der Waals surface area (Å²) in [5.74, 6) is 2.80. The third kappa shape index (κ3) is 3.75. The lowest BCUT2D eigenvalue weighted by molar-refractivity contribution is 0.112. The Morgan fingerprint density at radius 1 is 1.33 bits per heavy atom. The minimum Gasteiger partial charge on any atom is -0.493 e. The highest BCUT2D eigenvalue weighted by atomic mass is 32.2. The van der Waals surface area contributed by atoms with Gasteiger partial charge in [0.15, 0.2) is 16.7 Å². The summed E-state index contributed by atoms with van der Waals surface area (Å²) < 4.78 is 12.8. The van der Waals surface area contributed by atoms with Crippen LogP contribution in [0.5, 0.6) is 11.5 Å². The van der Waals surface area contributed by atoms with E-state index in [2.05, 4.69) is 10.2 Å². The molecule has 112 valence electrons. The van der Waals surface area contributed by atoms with Crippen LogP contribution in [0.15, 0.2) is 23.4 Å². The van der Waals surface area contributed by atoms with Crippen molar-refractivity contribution in [3.05, 3.63) is 29.6 Å². The van der Waals surface area contributed by atoms with Crippen molar-refractivity contribution in [2.75, 3.05) is 19.5 Å². The van der Waals surface area contributed by atoms with E-state index in [4.69, 9.17) is 9.47 Å². The fraction of sp³-hybridized carbons (Fsp3) is 0.357. The highest BCUT2D eigenvalue weighted by Crippen LogP contribution is 2.28. The SMILES string of the molecule is COc1cc(C=O)ccc1OCCSc1nnc(C)n1C. The molecule has 0 radical (unpaired) electrons. The number of thioether (sulfide) groups is 1. The van der Waals surface area contributed by atoms with Gasteiger partial charge in [0.2, 0.25) is 0 Å². The van der Waals surface area contributed by atoms with Crippen LogP contribution >= 0.6 is 11.8 Å². The van der Waals surface area contributed by atoms with E-state index in [-0.39, 0.29) is 0 Å². The van der Waals surface area contributed by atoms with E-state index in [0.717, 1.165) is 23.0 Å². The van der Waals surface area contributed by atoms with Gasteiger partial charge in [0.05, 0.1) is 13.7 Å². The second-order valence-corrected chi connectivity index (χ2v) is 5.38. The molecule has 0 amide bonds. The molecule has 1 heterocycles. The largest absolute Gasteiger partial charge is 0.493 e. The van der Waals surface area contributed by atoms with Gasteiger partial charge in [-0.15, -0.1) is 10.2 Å². The summed E-state index contributed by atoms with van der Waals surface area (Å²) in [6.45, 7) is 2.42. The number of rotatable bonds is 7. The zero-order chi connectivity index (χ0) is 15.2. The Morgan fingerprint density at radius 2 is 2.14 bits per heavy atom. The Bertz CT molecular complexity index is 628. The first-order valence-electron chi connectivity index (χ1n) is 6.40. The van der Waals surface area contributed by atoms with E-state index in [9.17, 15) is 4.79 Å². The molecule has 21 heavy (non-hydrogen) atoms. The van der Waals surface area contributed by atoms with Crippen LogP contribution in [0.1, 0.15) is 16.2 Å². The Hall–Kier alpha value is -2.02. The van der Waals surface area contributed by atoms with E-state index in [1.807, 2.05) is 18.5 Å². The molecule has 1 aromatic carbocycles. The summed E-state index contributed by atoms with van der Waals surface area (Å²) in [6, 6.07) is 5.09. The molecule has 0 saturated heterocycles. The number of hydrogen-bond acceptors (Lipinski definition) is 6. The molecule has 6 nitrogen and oxygen atoms in total. The number of aldehydes is 1. The molecule has 0 saturated carbocycles. The van der Waals surface area contributed by atoms with Crippen molar-refractivity contribution in [3.63, 3.8) is 0 Å². The summed E-state index contributed by atoms with van der Waals surface area (Å²) in [5.41, 5.74) is 0.558. The zero-order valence-electron chi connectivity index (χ0n) is 12.2. The Morgan fingerprint density at radius 3 is 2.76 bits per heavy atom. The predicted molar refractivity (Wildman–Crippen MR) is 80.3 cm³/mol. The van der Waals surface area contributed by atoms with Gasteiger partial charge in [-0.1, -0.05) is 11.8 Å². The number of carbonyl (C=O) groups is 1. The normalized spacial score (nSPS) is 10.4. The van der Waals surface area contributed by atoms with Gasteiger partial charge in [0, 0.05) is 18.4 Å². The van der Waals surface area contributed by atoms with E-state index in [1.54, 1.807) is 37.1 Å². The summed E-state index contributed by atoms with van der Waals surface area (Å²) >= 11 is 1.58. The van der Waals surface area contributed by atoms with E-state index < -0.39 is 0 Å². The van der Waals surface area contributed by atoms with Crippen molar-refractivity contribution in [3.8, 4) is 11.5 Å².